The number of rotatable bonds is 3. The van der Waals surface area contributed by atoms with Crippen LogP contribution < -0.4 is 0 Å². The number of nitrogens with one attached hydrogen (secondary N) is 1. The van der Waals surface area contributed by atoms with Gasteiger partial charge < -0.3 is 9.55 Å². The molecule has 1 N–H and O–H groups in total. The number of hydrogen-bond acceptors (Lipinski definition) is 4. The van der Waals surface area contributed by atoms with E-state index in [-0.39, 0.29) is 0 Å². The summed E-state index contributed by atoms with van der Waals surface area (Å²) in [6.07, 6.45) is 13.0. The van der Waals surface area contributed by atoms with Gasteiger partial charge >= 0.3 is 0 Å². The van der Waals surface area contributed by atoms with Crippen LogP contribution >= 0.6 is 0 Å². The molecule has 0 atom stereocenters. The van der Waals surface area contributed by atoms with E-state index in [1.54, 1.807) is 0 Å². The largest absolute Gasteiger partial charge is 0.346 e. The van der Waals surface area contributed by atoms with E-state index in [0.29, 0.717) is 18.4 Å². The lowest BCUT2D eigenvalue weighted by atomic mass is 9.84. The van der Waals surface area contributed by atoms with Gasteiger partial charge in [0.1, 0.15) is 16.9 Å². The third-order valence-electron chi connectivity index (χ3n) is 5.67. The first kappa shape index (κ1) is 15.3. The molecule has 1 saturated carbocycles. The van der Waals surface area contributed by atoms with E-state index >= 15 is 0 Å². The van der Waals surface area contributed by atoms with Crippen LogP contribution in [0.1, 0.15) is 44.0 Å². The van der Waals surface area contributed by atoms with Crippen molar-refractivity contribution < 1.29 is 0 Å². The summed E-state index contributed by atoms with van der Waals surface area (Å²) >= 11 is 0. The maximum atomic E-state index is 8.99. The lowest BCUT2D eigenvalue weighted by molar-refractivity contribution is 0.281. The van der Waals surface area contributed by atoms with Gasteiger partial charge in [0.2, 0.25) is 0 Å². The molecular formula is C20H20N6. The Hall–Kier alpha value is -2.94. The van der Waals surface area contributed by atoms with E-state index < -0.39 is 0 Å². The molecule has 5 rings (SSSR count). The van der Waals surface area contributed by atoms with Crippen LogP contribution in [0.2, 0.25) is 0 Å². The van der Waals surface area contributed by atoms with Crippen LogP contribution in [0, 0.1) is 17.2 Å². The first-order valence-corrected chi connectivity index (χ1v) is 9.27. The smallest absolute Gasteiger partial charge is 0.159 e. The van der Waals surface area contributed by atoms with Crippen molar-refractivity contribution >= 4 is 27.8 Å². The lowest BCUT2D eigenvalue weighted by Crippen LogP contribution is -2.21. The highest BCUT2D eigenvalue weighted by Crippen LogP contribution is 2.38. The molecule has 1 aliphatic carbocycles. The SMILES string of the molecule is N#CCC1CCC(n2c(C3=NCC=C3)nc3cnc4[nH]ccc4c32)CC1. The van der Waals surface area contributed by atoms with Crippen LogP contribution in [0.4, 0.5) is 0 Å². The number of nitrogens with zero attached hydrogens (tertiary/aromatic N) is 5. The maximum absolute atomic E-state index is 8.99. The minimum Gasteiger partial charge on any atom is -0.346 e. The Morgan fingerprint density at radius 3 is 2.92 bits per heavy atom. The summed E-state index contributed by atoms with van der Waals surface area (Å²) in [5.74, 6) is 1.49. The summed E-state index contributed by atoms with van der Waals surface area (Å²) in [6, 6.07) is 4.81. The molecular weight excluding hydrogens is 324 g/mol. The van der Waals surface area contributed by atoms with Crippen molar-refractivity contribution in [1.29, 1.82) is 5.26 Å². The first-order chi connectivity index (χ1) is 12.8. The van der Waals surface area contributed by atoms with Crippen LogP contribution in [0.15, 0.2) is 35.6 Å². The molecule has 1 fully saturated rings. The zero-order chi connectivity index (χ0) is 17.5. The second-order valence-corrected chi connectivity index (χ2v) is 7.20. The molecule has 3 aromatic rings. The molecule has 1 aliphatic heterocycles. The minimum absolute atomic E-state index is 0.391. The van der Waals surface area contributed by atoms with Gasteiger partial charge in [-0.15, -0.1) is 0 Å². The summed E-state index contributed by atoms with van der Waals surface area (Å²) in [4.78, 5) is 17.2. The summed E-state index contributed by atoms with van der Waals surface area (Å²) < 4.78 is 2.39. The quantitative estimate of drug-likeness (QED) is 0.782. The standard InChI is InChI=1S/C20H20N6/c21-9-7-13-3-5-14(6-4-13)26-18-15-8-11-23-19(15)24-12-17(18)25-20(26)16-2-1-10-22-16/h1-2,8,11-14H,3-7,10H2,(H,23,24). The zero-order valence-corrected chi connectivity index (χ0v) is 14.5. The fraction of sp³-hybridized carbons (Fsp3) is 0.400. The molecule has 0 amide bonds. The Labute approximate surface area is 151 Å². The predicted molar refractivity (Wildman–Crippen MR) is 101 cm³/mol. The number of H-pyrrole nitrogens is 1. The molecule has 0 aromatic carbocycles. The summed E-state index contributed by atoms with van der Waals surface area (Å²) in [6.45, 7) is 0.727. The van der Waals surface area contributed by atoms with Gasteiger partial charge in [0.15, 0.2) is 5.82 Å². The van der Waals surface area contributed by atoms with Crippen molar-refractivity contribution in [2.75, 3.05) is 6.54 Å². The number of fused-ring (bicyclic) bond motifs is 3. The number of hydrogen-bond donors (Lipinski definition) is 1. The molecule has 3 aromatic heterocycles. The van der Waals surface area contributed by atoms with Crippen molar-refractivity contribution in [2.24, 2.45) is 10.9 Å². The van der Waals surface area contributed by atoms with Crippen molar-refractivity contribution in [3.8, 4) is 6.07 Å². The van der Waals surface area contributed by atoms with Gasteiger partial charge in [0.05, 0.1) is 24.3 Å². The average molecular weight is 344 g/mol. The number of aromatic nitrogens is 4. The summed E-state index contributed by atoms with van der Waals surface area (Å²) in [7, 11) is 0. The number of pyridine rings is 1. The van der Waals surface area contributed by atoms with Crippen LogP contribution in [-0.4, -0.2) is 31.8 Å². The Morgan fingerprint density at radius 2 is 2.15 bits per heavy atom. The molecule has 0 saturated heterocycles. The molecule has 0 spiro atoms. The number of allylic oxidation sites excluding steroid dienone is 1. The van der Waals surface area contributed by atoms with Crippen molar-refractivity contribution in [2.45, 2.75) is 38.1 Å². The van der Waals surface area contributed by atoms with Gasteiger partial charge in [0.25, 0.3) is 0 Å². The second-order valence-electron chi connectivity index (χ2n) is 7.20. The van der Waals surface area contributed by atoms with Gasteiger partial charge in [-0.25, -0.2) is 9.97 Å². The Morgan fingerprint density at radius 1 is 1.27 bits per heavy atom. The summed E-state index contributed by atoms with van der Waals surface area (Å²) in [5.41, 5.74) is 3.93. The van der Waals surface area contributed by atoms with Gasteiger partial charge in [-0.2, -0.15) is 5.26 Å². The van der Waals surface area contributed by atoms with Crippen molar-refractivity contribution in [3.05, 3.63) is 36.4 Å². The normalized spacial score (nSPS) is 22.8. The van der Waals surface area contributed by atoms with E-state index in [1.165, 1.54) is 0 Å². The second kappa shape index (κ2) is 6.10. The molecule has 130 valence electrons. The molecule has 6 nitrogen and oxygen atoms in total. The fourth-order valence-electron chi connectivity index (χ4n) is 4.38. The maximum Gasteiger partial charge on any atom is 0.159 e. The fourth-order valence-corrected chi connectivity index (χ4v) is 4.38. The molecule has 4 heterocycles. The molecule has 2 aliphatic rings. The molecule has 26 heavy (non-hydrogen) atoms. The van der Waals surface area contributed by atoms with Crippen LogP contribution in [0.25, 0.3) is 22.1 Å². The third kappa shape index (κ3) is 2.35. The predicted octanol–water partition coefficient (Wildman–Crippen LogP) is 3.92. The van der Waals surface area contributed by atoms with E-state index in [0.717, 1.165) is 65.8 Å². The number of nitriles is 1. The highest BCUT2D eigenvalue weighted by atomic mass is 15.1. The molecule has 0 bridgehead atoms. The van der Waals surface area contributed by atoms with Crippen LogP contribution in [-0.2, 0) is 0 Å². The number of aliphatic imine (C=N–C) groups is 1. The Kier molecular flexibility index (Phi) is 3.59. The number of imidazole rings is 1. The van der Waals surface area contributed by atoms with Gasteiger partial charge in [-0.05, 0) is 43.7 Å². The van der Waals surface area contributed by atoms with Gasteiger partial charge in [0, 0.05) is 24.0 Å². The van der Waals surface area contributed by atoms with Crippen LogP contribution in [0.3, 0.4) is 0 Å². The van der Waals surface area contributed by atoms with Crippen molar-refractivity contribution in [3.63, 3.8) is 0 Å². The third-order valence-corrected chi connectivity index (χ3v) is 5.67. The van der Waals surface area contributed by atoms with E-state index in [1.807, 2.05) is 12.4 Å². The monoisotopic (exact) mass is 344 g/mol. The Bertz CT molecular complexity index is 1070. The van der Waals surface area contributed by atoms with Crippen LogP contribution in [0.5, 0.6) is 0 Å². The molecule has 6 heteroatoms. The highest BCUT2D eigenvalue weighted by Gasteiger charge is 2.28. The highest BCUT2D eigenvalue weighted by molar-refractivity contribution is 6.11. The van der Waals surface area contributed by atoms with Gasteiger partial charge in [-0.1, -0.05) is 6.08 Å². The molecule has 0 unspecified atom stereocenters. The molecule has 0 radical (unpaired) electrons. The van der Waals surface area contributed by atoms with Crippen molar-refractivity contribution in [1.82, 2.24) is 19.5 Å². The summed E-state index contributed by atoms with van der Waals surface area (Å²) in [5, 5.41) is 10.1. The average Bonchev–Trinajstić information content (AvgIpc) is 3.40. The van der Waals surface area contributed by atoms with E-state index in [2.05, 4.69) is 43.8 Å². The lowest BCUT2D eigenvalue weighted by Gasteiger charge is -2.29. The number of aromatic amines is 1. The topological polar surface area (TPSA) is 82.7 Å². The van der Waals surface area contributed by atoms with E-state index in [9.17, 15) is 0 Å². The van der Waals surface area contributed by atoms with E-state index in [4.69, 9.17) is 10.2 Å². The first-order valence-electron chi connectivity index (χ1n) is 9.27. The minimum atomic E-state index is 0.391. The zero-order valence-electron chi connectivity index (χ0n) is 14.5. The van der Waals surface area contributed by atoms with Gasteiger partial charge in [-0.3, -0.25) is 4.99 Å². The Balaban J connectivity index is 1.66.